The van der Waals surface area contributed by atoms with Gasteiger partial charge in [-0.3, -0.25) is 9.59 Å². The third kappa shape index (κ3) is 4.17. The van der Waals surface area contributed by atoms with Gasteiger partial charge in [0.05, 0.1) is 19.3 Å². The molecule has 0 atom stereocenters. The molecule has 0 bridgehead atoms. The van der Waals surface area contributed by atoms with Gasteiger partial charge < -0.3 is 29.1 Å². The molecule has 3 aliphatic heterocycles. The van der Waals surface area contributed by atoms with Crippen molar-refractivity contribution in [2.75, 3.05) is 58.1 Å². The van der Waals surface area contributed by atoms with Crippen molar-refractivity contribution >= 4 is 17.5 Å². The highest BCUT2D eigenvalue weighted by atomic mass is 16.5. The molecule has 4 aliphatic rings. The Morgan fingerprint density at radius 3 is 2.50 bits per heavy atom. The Labute approximate surface area is 212 Å². The lowest BCUT2D eigenvalue weighted by molar-refractivity contribution is -0.133. The summed E-state index contributed by atoms with van der Waals surface area (Å²) in [4.78, 5) is 35.3. The average Bonchev–Trinajstić information content (AvgIpc) is 3.71. The first-order valence-corrected chi connectivity index (χ1v) is 13.0. The Balaban J connectivity index is 1.10. The van der Waals surface area contributed by atoms with E-state index < -0.39 is 5.54 Å². The van der Waals surface area contributed by atoms with Crippen LogP contribution in [0.5, 0.6) is 11.5 Å². The maximum Gasteiger partial charge on any atom is 0.260 e. The molecule has 2 amide bonds. The average molecular weight is 491 g/mol. The topological polar surface area (TPSA) is 65.6 Å². The number of nitrogens with zero attached hydrogens (tertiary/aromatic N) is 4. The molecule has 3 fully saturated rings. The van der Waals surface area contributed by atoms with E-state index in [1.54, 1.807) is 30.2 Å². The van der Waals surface area contributed by atoms with Crippen molar-refractivity contribution in [3.8, 4) is 11.5 Å². The molecule has 1 saturated carbocycles. The van der Waals surface area contributed by atoms with Gasteiger partial charge in [0.2, 0.25) is 5.91 Å². The van der Waals surface area contributed by atoms with Gasteiger partial charge in [-0.2, -0.15) is 0 Å². The van der Waals surface area contributed by atoms with Crippen molar-refractivity contribution < 1.29 is 19.1 Å². The number of fused-ring (bicyclic) bond motifs is 1. The summed E-state index contributed by atoms with van der Waals surface area (Å²) < 4.78 is 11.1. The van der Waals surface area contributed by atoms with Crippen LogP contribution in [0.25, 0.3) is 0 Å². The zero-order valence-electron chi connectivity index (χ0n) is 20.9. The molecule has 1 spiro atoms. The number of methoxy groups -OCH3 is 1. The number of piperidine rings is 1. The van der Waals surface area contributed by atoms with E-state index in [1.165, 1.54) is 12.8 Å². The zero-order valence-corrected chi connectivity index (χ0v) is 20.9. The first-order chi connectivity index (χ1) is 17.6. The summed E-state index contributed by atoms with van der Waals surface area (Å²) in [6.07, 6.45) is 4.09. The number of anilines is 1. The predicted molar refractivity (Wildman–Crippen MR) is 136 cm³/mol. The van der Waals surface area contributed by atoms with E-state index in [-0.39, 0.29) is 12.6 Å². The highest BCUT2D eigenvalue weighted by molar-refractivity contribution is 5.98. The Morgan fingerprint density at radius 1 is 1.00 bits per heavy atom. The quantitative estimate of drug-likeness (QED) is 0.595. The van der Waals surface area contributed by atoms with Crippen molar-refractivity contribution in [3.05, 3.63) is 54.1 Å². The summed E-state index contributed by atoms with van der Waals surface area (Å²) in [6, 6.07) is 15.7. The smallest absolute Gasteiger partial charge is 0.260 e. The Morgan fingerprint density at radius 2 is 1.78 bits per heavy atom. The fourth-order valence-corrected chi connectivity index (χ4v) is 5.83. The van der Waals surface area contributed by atoms with E-state index in [2.05, 4.69) is 39.0 Å². The second kappa shape index (κ2) is 9.32. The van der Waals surface area contributed by atoms with E-state index in [0.717, 1.165) is 44.7 Å². The molecule has 0 aromatic heterocycles. The number of ether oxygens (including phenoxy) is 2. The largest absolute Gasteiger partial charge is 0.497 e. The van der Waals surface area contributed by atoms with Crippen LogP contribution in [-0.4, -0.2) is 85.3 Å². The van der Waals surface area contributed by atoms with Crippen molar-refractivity contribution in [1.82, 2.24) is 14.7 Å². The molecule has 8 nitrogen and oxygen atoms in total. The number of hydrogen-bond donors (Lipinski definition) is 0. The second-order valence-electron chi connectivity index (χ2n) is 10.5. The number of benzene rings is 2. The van der Waals surface area contributed by atoms with Crippen molar-refractivity contribution in [2.24, 2.45) is 5.92 Å². The molecule has 2 aromatic rings. The first kappa shape index (κ1) is 23.2. The number of para-hydroxylation sites is 1. The van der Waals surface area contributed by atoms with Gasteiger partial charge in [-0.05, 0) is 55.9 Å². The number of carbonyl (C=O) groups excluding carboxylic acids is 2. The summed E-state index contributed by atoms with van der Waals surface area (Å²) in [6.45, 7) is 4.85. The maximum atomic E-state index is 13.7. The standard InChI is InChI=1S/C28H34N4O4/c1-35-23-9-10-24-25(17-23)36-20-30(26(24)33)16-15-29-13-11-28(12-14-29)27(34)31(18-21-7-8-21)19-32(28)22-5-3-2-4-6-22/h2-6,9-10,17,21H,7-8,11-16,18-20H2,1H3. The molecule has 0 N–H and O–H groups in total. The lowest BCUT2D eigenvalue weighted by Gasteiger charge is -2.43. The van der Waals surface area contributed by atoms with Crippen LogP contribution >= 0.6 is 0 Å². The van der Waals surface area contributed by atoms with E-state index in [9.17, 15) is 9.59 Å². The van der Waals surface area contributed by atoms with Gasteiger partial charge in [0.25, 0.3) is 5.91 Å². The van der Waals surface area contributed by atoms with Crippen molar-refractivity contribution in [2.45, 2.75) is 31.2 Å². The minimum Gasteiger partial charge on any atom is -0.497 e. The summed E-state index contributed by atoms with van der Waals surface area (Å²) >= 11 is 0. The minimum absolute atomic E-state index is 0.00989. The molecule has 0 radical (unpaired) electrons. The maximum absolute atomic E-state index is 13.7. The lowest BCUT2D eigenvalue weighted by atomic mass is 9.85. The monoisotopic (exact) mass is 490 g/mol. The number of likely N-dealkylation sites (tertiary alicyclic amines) is 1. The Hall–Kier alpha value is -3.26. The van der Waals surface area contributed by atoms with Crippen LogP contribution < -0.4 is 14.4 Å². The van der Waals surface area contributed by atoms with Crippen LogP contribution in [0, 0.1) is 5.92 Å². The third-order valence-corrected chi connectivity index (χ3v) is 8.21. The van der Waals surface area contributed by atoms with E-state index in [4.69, 9.17) is 9.47 Å². The van der Waals surface area contributed by atoms with Crippen LogP contribution in [0.15, 0.2) is 48.5 Å². The normalized spacial score (nSPS) is 21.6. The van der Waals surface area contributed by atoms with Gasteiger partial charge in [0, 0.05) is 44.5 Å². The summed E-state index contributed by atoms with van der Waals surface area (Å²) in [5.74, 6) is 2.22. The molecule has 190 valence electrons. The van der Waals surface area contributed by atoms with Gasteiger partial charge in [-0.15, -0.1) is 0 Å². The van der Waals surface area contributed by atoms with Gasteiger partial charge >= 0.3 is 0 Å². The fraction of sp³-hybridized carbons (Fsp3) is 0.500. The van der Waals surface area contributed by atoms with Crippen LogP contribution in [0.4, 0.5) is 5.69 Å². The van der Waals surface area contributed by atoms with Crippen LogP contribution in [0.1, 0.15) is 36.0 Å². The van der Waals surface area contributed by atoms with Gasteiger partial charge in [-0.25, -0.2) is 0 Å². The zero-order chi connectivity index (χ0) is 24.7. The highest BCUT2D eigenvalue weighted by Crippen LogP contribution is 2.41. The van der Waals surface area contributed by atoms with Gasteiger partial charge in [-0.1, -0.05) is 18.2 Å². The fourth-order valence-electron chi connectivity index (χ4n) is 5.83. The molecule has 2 saturated heterocycles. The number of carbonyl (C=O) groups is 2. The van der Waals surface area contributed by atoms with Gasteiger partial charge in [0.1, 0.15) is 17.0 Å². The minimum atomic E-state index is -0.463. The van der Waals surface area contributed by atoms with Crippen molar-refractivity contribution in [1.29, 1.82) is 0 Å². The van der Waals surface area contributed by atoms with Crippen LogP contribution in [0.2, 0.25) is 0 Å². The van der Waals surface area contributed by atoms with Crippen LogP contribution in [-0.2, 0) is 4.79 Å². The number of amides is 2. The highest BCUT2D eigenvalue weighted by Gasteiger charge is 2.54. The Bertz CT molecular complexity index is 1130. The molecule has 6 rings (SSSR count). The Kier molecular flexibility index (Phi) is 5.99. The van der Waals surface area contributed by atoms with Crippen LogP contribution in [0.3, 0.4) is 0 Å². The SMILES string of the molecule is COc1ccc2c(c1)OCN(CCN1CCC3(CC1)C(=O)N(CC1CC1)CN3c1ccccc1)C2=O. The molecule has 2 aromatic carbocycles. The second-order valence-corrected chi connectivity index (χ2v) is 10.5. The molecule has 3 heterocycles. The lowest BCUT2D eigenvalue weighted by Crippen LogP contribution is -2.57. The summed E-state index contributed by atoms with van der Waals surface area (Å²) in [5.41, 5.74) is 1.24. The number of hydrogen-bond acceptors (Lipinski definition) is 6. The van der Waals surface area contributed by atoms with E-state index in [1.807, 2.05) is 6.07 Å². The molecule has 1 aliphatic carbocycles. The predicted octanol–water partition coefficient (Wildman–Crippen LogP) is 3.04. The molecular formula is C28H34N4O4. The van der Waals surface area contributed by atoms with Gasteiger partial charge in [0.15, 0.2) is 6.73 Å². The molecule has 8 heteroatoms. The summed E-state index contributed by atoms with van der Waals surface area (Å²) in [5, 5.41) is 0. The van der Waals surface area contributed by atoms with Crippen molar-refractivity contribution in [3.63, 3.8) is 0 Å². The first-order valence-electron chi connectivity index (χ1n) is 13.0. The van der Waals surface area contributed by atoms with E-state index >= 15 is 0 Å². The summed E-state index contributed by atoms with van der Waals surface area (Å²) in [7, 11) is 1.60. The molecular weight excluding hydrogens is 456 g/mol. The third-order valence-electron chi connectivity index (χ3n) is 8.21. The molecule has 0 unspecified atom stereocenters. The van der Waals surface area contributed by atoms with E-state index in [0.29, 0.717) is 42.1 Å². The molecule has 36 heavy (non-hydrogen) atoms. The number of rotatable bonds is 7.